The van der Waals surface area contributed by atoms with E-state index in [1.165, 1.54) is 12.1 Å². The lowest BCUT2D eigenvalue weighted by molar-refractivity contribution is 0.0938. The maximum atomic E-state index is 13.7. The summed E-state index contributed by atoms with van der Waals surface area (Å²) < 4.78 is 19.9. The van der Waals surface area contributed by atoms with Crippen molar-refractivity contribution in [2.45, 2.75) is 25.9 Å². The number of hydrogen-bond donors (Lipinski definition) is 3. The van der Waals surface area contributed by atoms with Crippen LogP contribution in [0.2, 0.25) is 5.02 Å². The van der Waals surface area contributed by atoms with Crippen molar-refractivity contribution in [2.75, 3.05) is 13.6 Å². The highest BCUT2D eigenvalue weighted by Gasteiger charge is 2.27. The number of carbonyl (C=O) groups is 2. The average molecular weight is 532 g/mol. The summed E-state index contributed by atoms with van der Waals surface area (Å²) in [6.45, 7) is 4.21. The van der Waals surface area contributed by atoms with Crippen molar-refractivity contribution in [3.63, 3.8) is 0 Å². The second-order valence-corrected chi connectivity index (χ2v) is 10.2. The number of hydrogen-bond acceptors (Lipinski definition) is 3. The number of aromatic nitrogens is 1. The molecular formula is C30H27ClFN3O3. The summed E-state index contributed by atoms with van der Waals surface area (Å²) in [6, 6.07) is 13.5. The van der Waals surface area contributed by atoms with Gasteiger partial charge in [0.05, 0.1) is 16.1 Å². The number of fused-ring (bicyclic) bond motifs is 2. The fourth-order valence-electron chi connectivity index (χ4n) is 4.59. The van der Waals surface area contributed by atoms with E-state index in [1.807, 2.05) is 38.3 Å². The van der Waals surface area contributed by atoms with Crippen molar-refractivity contribution in [3.05, 3.63) is 93.9 Å². The average Bonchev–Trinajstić information content (AvgIpc) is 3.29. The van der Waals surface area contributed by atoms with E-state index in [2.05, 4.69) is 15.6 Å². The predicted octanol–water partition coefficient (Wildman–Crippen LogP) is 6.14. The minimum atomic E-state index is -0.573. The van der Waals surface area contributed by atoms with Gasteiger partial charge in [-0.3, -0.25) is 9.59 Å². The minimum absolute atomic E-state index is 0.274. The first kappa shape index (κ1) is 25.5. The molecule has 0 saturated heterocycles. The molecule has 0 unspecified atom stereocenters. The second kappa shape index (κ2) is 9.99. The Bertz CT molecular complexity index is 1610. The summed E-state index contributed by atoms with van der Waals surface area (Å²) in [7, 11) is 1.55. The molecule has 3 N–H and O–H groups in total. The number of nitrogens with one attached hydrogen (secondary N) is 3. The van der Waals surface area contributed by atoms with Gasteiger partial charge in [-0.05, 0) is 85.5 Å². The van der Waals surface area contributed by atoms with Crippen LogP contribution >= 0.6 is 11.6 Å². The Kier molecular flexibility index (Phi) is 6.71. The summed E-state index contributed by atoms with van der Waals surface area (Å²) >= 11 is 6.40. The van der Waals surface area contributed by atoms with E-state index in [4.69, 9.17) is 16.3 Å². The van der Waals surface area contributed by atoms with Crippen molar-refractivity contribution < 1.29 is 18.7 Å². The van der Waals surface area contributed by atoms with Crippen LogP contribution in [0, 0.1) is 5.82 Å². The van der Waals surface area contributed by atoms with Crippen molar-refractivity contribution in [3.8, 4) is 16.9 Å². The molecule has 0 bridgehead atoms. The largest absolute Gasteiger partial charge is 0.482 e. The molecule has 6 nitrogen and oxygen atoms in total. The molecule has 8 heteroatoms. The topological polar surface area (TPSA) is 83.2 Å². The zero-order valence-corrected chi connectivity index (χ0v) is 22.0. The van der Waals surface area contributed by atoms with Crippen LogP contribution in [0.5, 0.6) is 5.75 Å². The van der Waals surface area contributed by atoms with Gasteiger partial charge < -0.3 is 20.4 Å². The fourth-order valence-corrected chi connectivity index (χ4v) is 4.86. The molecule has 194 valence electrons. The third-order valence-electron chi connectivity index (χ3n) is 6.58. The van der Waals surface area contributed by atoms with Crippen molar-refractivity contribution in [1.82, 2.24) is 15.6 Å². The molecule has 4 aromatic rings. The SMILES string of the molecule is CNC(=O)c1ccc(-c2cc3c(c(C(=O)NCCc4c[nH]c5ccc(F)cc45)c2)OC(C)(C)C=C3)cc1Cl. The normalized spacial score (nSPS) is 13.6. The van der Waals surface area contributed by atoms with Gasteiger partial charge in [0.25, 0.3) is 11.8 Å². The van der Waals surface area contributed by atoms with E-state index in [-0.39, 0.29) is 17.6 Å². The van der Waals surface area contributed by atoms with Gasteiger partial charge in [-0.15, -0.1) is 0 Å². The van der Waals surface area contributed by atoms with Crippen LogP contribution in [-0.2, 0) is 6.42 Å². The van der Waals surface area contributed by atoms with E-state index >= 15 is 0 Å². The van der Waals surface area contributed by atoms with Crippen molar-refractivity contribution >= 4 is 40.4 Å². The third kappa shape index (κ3) is 5.02. The summed E-state index contributed by atoms with van der Waals surface area (Å²) in [5.41, 5.74) is 4.25. The van der Waals surface area contributed by atoms with Crippen LogP contribution in [0.3, 0.4) is 0 Å². The first-order chi connectivity index (χ1) is 18.1. The molecule has 2 amide bonds. The number of rotatable bonds is 6. The molecule has 1 aliphatic rings. The Balaban J connectivity index is 1.44. The van der Waals surface area contributed by atoms with Crippen LogP contribution in [-0.4, -0.2) is 36.0 Å². The Morgan fingerprint density at radius 3 is 2.61 bits per heavy atom. The quantitative estimate of drug-likeness (QED) is 0.279. The lowest BCUT2D eigenvalue weighted by atomic mass is 9.94. The van der Waals surface area contributed by atoms with Gasteiger partial charge in [-0.2, -0.15) is 0 Å². The second-order valence-electron chi connectivity index (χ2n) is 9.76. The molecule has 0 spiro atoms. The Hall–Kier alpha value is -4.10. The molecule has 1 aromatic heterocycles. The number of halogens is 2. The van der Waals surface area contributed by atoms with Gasteiger partial charge in [0, 0.05) is 36.3 Å². The lowest BCUT2D eigenvalue weighted by Gasteiger charge is -2.29. The highest BCUT2D eigenvalue weighted by Crippen LogP contribution is 2.38. The number of aromatic amines is 1. The maximum Gasteiger partial charge on any atom is 0.255 e. The van der Waals surface area contributed by atoms with Crippen molar-refractivity contribution in [2.24, 2.45) is 0 Å². The highest BCUT2D eigenvalue weighted by atomic mass is 35.5. The summed E-state index contributed by atoms with van der Waals surface area (Å²) in [5, 5.41) is 6.67. The molecular weight excluding hydrogens is 505 g/mol. The monoisotopic (exact) mass is 531 g/mol. The molecule has 5 rings (SSSR count). The smallest absolute Gasteiger partial charge is 0.255 e. The van der Waals surface area contributed by atoms with Crippen LogP contribution in [0.25, 0.3) is 28.1 Å². The summed E-state index contributed by atoms with van der Waals surface area (Å²) in [5.74, 6) is -0.361. The molecule has 0 aliphatic carbocycles. The number of ether oxygens (including phenoxy) is 1. The predicted molar refractivity (Wildman–Crippen MR) is 148 cm³/mol. The van der Waals surface area contributed by atoms with Gasteiger partial charge in [0.2, 0.25) is 0 Å². The Morgan fingerprint density at radius 1 is 1.03 bits per heavy atom. The van der Waals surface area contributed by atoms with Crippen LogP contribution in [0.1, 0.15) is 45.7 Å². The van der Waals surface area contributed by atoms with E-state index in [1.54, 1.807) is 37.4 Å². The lowest BCUT2D eigenvalue weighted by Crippen LogP contribution is -2.31. The van der Waals surface area contributed by atoms with Gasteiger partial charge in [-0.25, -0.2) is 4.39 Å². The van der Waals surface area contributed by atoms with Gasteiger partial charge in [0.1, 0.15) is 17.2 Å². The number of benzene rings is 3. The van der Waals surface area contributed by atoms with E-state index < -0.39 is 5.60 Å². The first-order valence-electron chi connectivity index (χ1n) is 12.3. The summed E-state index contributed by atoms with van der Waals surface area (Å²) in [6.07, 6.45) is 6.25. The zero-order valence-electron chi connectivity index (χ0n) is 21.2. The maximum absolute atomic E-state index is 13.7. The Morgan fingerprint density at radius 2 is 1.84 bits per heavy atom. The molecule has 2 heterocycles. The molecule has 0 atom stereocenters. The highest BCUT2D eigenvalue weighted by molar-refractivity contribution is 6.34. The van der Waals surface area contributed by atoms with Crippen molar-refractivity contribution in [1.29, 1.82) is 0 Å². The molecule has 1 aliphatic heterocycles. The molecule has 0 radical (unpaired) electrons. The van der Waals surface area contributed by atoms with Crippen LogP contribution in [0.4, 0.5) is 4.39 Å². The van der Waals surface area contributed by atoms with Crippen LogP contribution in [0.15, 0.2) is 60.8 Å². The minimum Gasteiger partial charge on any atom is -0.482 e. The van der Waals surface area contributed by atoms with E-state index in [9.17, 15) is 14.0 Å². The van der Waals surface area contributed by atoms with Gasteiger partial charge in [0.15, 0.2) is 0 Å². The van der Waals surface area contributed by atoms with Crippen LogP contribution < -0.4 is 15.4 Å². The van der Waals surface area contributed by atoms with Gasteiger partial charge in [-0.1, -0.05) is 23.7 Å². The number of carbonyl (C=O) groups excluding carboxylic acids is 2. The third-order valence-corrected chi connectivity index (χ3v) is 6.89. The summed E-state index contributed by atoms with van der Waals surface area (Å²) in [4.78, 5) is 28.6. The zero-order chi connectivity index (χ0) is 27.0. The van der Waals surface area contributed by atoms with E-state index in [0.29, 0.717) is 34.9 Å². The molecule has 3 aromatic carbocycles. The molecule has 0 saturated carbocycles. The van der Waals surface area contributed by atoms with Gasteiger partial charge >= 0.3 is 0 Å². The fraction of sp³-hybridized carbons (Fsp3) is 0.200. The standard InChI is InChI=1S/C30H27ClFN3O3/c1-30(2)10-8-18-12-20(17-4-6-22(25(31)14-17)28(36)33-3)13-24(27(18)38-30)29(37)34-11-9-19-16-35-26-7-5-21(32)15-23(19)26/h4-8,10,12-16,35H,9,11H2,1-3H3,(H,33,36)(H,34,37). The molecule has 0 fully saturated rings. The van der Waals surface area contributed by atoms with E-state index in [0.717, 1.165) is 33.2 Å². The number of H-pyrrole nitrogens is 1. The first-order valence-corrected chi connectivity index (χ1v) is 12.6. The number of amides is 2. The Labute approximate surface area is 224 Å². The molecule has 38 heavy (non-hydrogen) atoms.